The Hall–Kier alpha value is -2.65. The van der Waals surface area contributed by atoms with Gasteiger partial charge in [0.25, 0.3) is 0 Å². The minimum atomic E-state index is -0.562. The van der Waals surface area contributed by atoms with Gasteiger partial charge in [0, 0.05) is 37.3 Å². The number of amides is 2. The van der Waals surface area contributed by atoms with Crippen LogP contribution in [0.3, 0.4) is 0 Å². The fourth-order valence-corrected chi connectivity index (χ4v) is 5.63. The normalized spacial score (nSPS) is 24.7. The van der Waals surface area contributed by atoms with Crippen molar-refractivity contribution in [2.75, 3.05) is 18.0 Å². The Labute approximate surface area is 184 Å². The highest BCUT2D eigenvalue weighted by Crippen LogP contribution is 2.44. The number of carbonyl (C=O) groups excluding carboxylic acids is 2. The zero-order valence-electron chi connectivity index (χ0n) is 18.6. The third kappa shape index (κ3) is 4.24. The average Bonchev–Trinajstić information content (AvgIpc) is 3.04. The first kappa shape index (κ1) is 21.6. The fraction of sp³-hybridized carbons (Fsp3) is 0.560. The van der Waals surface area contributed by atoms with Crippen LogP contribution in [0, 0.1) is 6.57 Å². The lowest BCUT2D eigenvalue weighted by molar-refractivity contribution is -0.124. The quantitative estimate of drug-likeness (QED) is 0.584. The molecular formula is C25H32N4O2. The summed E-state index contributed by atoms with van der Waals surface area (Å²) < 4.78 is 0. The van der Waals surface area contributed by atoms with Crippen LogP contribution in [0.2, 0.25) is 0 Å². The second-order valence-corrected chi connectivity index (χ2v) is 9.39. The van der Waals surface area contributed by atoms with E-state index in [-0.39, 0.29) is 18.4 Å². The van der Waals surface area contributed by atoms with E-state index in [1.54, 1.807) is 17.7 Å². The highest BCUT2D eigenvalue weighted by atomic mass is 16.2. The average molecular weight is 421 g/mol. The van der Waals surface area contributed by atoms with E-state index in [0.29, 0.717) is 11.7 Å². The maximum atomic E-state index is 13.3. The van der Waals surface area contributed by atoms with E-state index in [0.717, 1.165) is 37.2 Å². The number of hydrogen-bond acceptors (Lipinski definition) is 3. The summed E-state index contributed by atoms with van der Waals surface area (Å²) in [7, 11) is 0. The maximum Gasteiger partial charge on any atom is 0.235 e. The molecule has 2 aliphatic heterocycles. The van der Waals surface area contributed by atoms with Gasteiger partial charge >= 0.3 is 0 Å². The van der Waals surface area contributed by atoms with Gasteiger partial charge in [-0.2, -0.15) is 0 Å². The Kier molecular flexibility index (Phi) is 6.15. The number of allylic oxidation sites excluding steroid dienone is 2. The number of nitrogens with two attached hydrogens (primary N) is 1. The molecule has 6 heteroatoms. The van der Waals surface area contributed by atoms with E-state index in [4.69, 9.17) is 12.3 Å². The number of piperidine rings is 1. The summed E-state index contributed by atoms with van der Waals surface area (Å²) in [5.74, 6) is -1.09. The van der Waals surface area contributed by atoms with Gasteiger partial charge in [-0.3, -0.25) is 9.59 Å². The van der Waals surface area contributed by atoms with Crippen molar-refractivity contribution in [2.45, 2.75) is 76.8 Å². The van der Waals surface area contributed by atoms with Crippen LogP contribution in [0.1, 0.15) is 70.3 Å². The van der Waals surface area contributed by atoms with E-state index in [1.165, 1.54) is 31.3 Å². The highest BCUT2D eigenvalue weighted by molar-refractivity contribution is 6.07. The van der Waals surface area contributed by atoms with Crippen LogP contribution in [0.5, 0.6) is 0 Å². The van der Waals surface area contributed by atoms with Gasteiger partial charge in [-0.1, -0.05) is 23.3 Å². The largest absolute Gasteiger partial charge is 0.370 e. The number of carbonyl (C=O) groups is 2. The van der Waals surface area contributed by atoms with Gasteiger partial charge in [0.1, 0.15) is 0 Å². The number of anilines is 1. The molecule has 3 aliphatic rings. The molecule has 1 saturated carbocycles. The minimum Gasteiger partial charge on any atom is -0.370 e. The van der Waals surface area contributed by atoms with Crippen molar-refractivity contribution in [3.63, 3.8) is 0 Å². The number of hydrogen-bond donors (Lipinski definition) is 1. The zero-order chi connectivity index (χ0) is 22.1. The lowest BCUT2D eigenvalue weighted by Gasteiger charge is -2.42. The predicted octanol–water partition coefficient (Wildman–Crippen LogP) is 4.29. The maximum absolute atomic E-state index is 13.3. The van der Waals surface area contributed by atoms with Crippen LogP contribution >= 0.6 is 0 Å². The molecule has 0 radical (unpaired) electrons. The number of benzene rings is 1. The van der Waals surface area contributed by atoms with Gasteiger partial charge in [0.15, 0.2) is 5.69 Å². The molecule has 0 aromatic heterocycles. The third-order valence-corrected chi connectivity index (χ3v) is 7.36. The van der Waals surface area contributed by atoms with E-state index in [2.05, 4.69) is 23.6 Å². The summed E-state index contributed by atoms with van der Waals surface area (Å²) >= 11 is 0. The number of nitrogens with zero attached hydrogens (tertiary/aromatic N) is 3. The van der Waals surface area contributed by atoms with Crippen LogP contribution in [0.15, 0.2) is 29.3 Å². The van der Waals surface area contributed by atoms with Gasteiger partial charge in [-0.15, -0.1) is 0 Å². The first-order chi connectivity index (χ1) is 14.9. The molecule has 164 valence electrons. The SMILES string of the molecule is [C-]#[N+]c1ccc2c(c1)C(CC(N)=O)C(=O)N2C1CCN(C2CCC(=C(C)C)CC2)CC1. The third-order valence-electron chi connectivity index (χ3n) is 7.36. The van der Waals surface area contributed by atoms with Gasteiger partial charge in [-0.25, -0.2) is 4.85 Å². The van der Waals surface area contributed by atoms with Crippen LogP contribution < -0.4 is 10.6 Å². The molecule has 1 aromatic rings. The van der Waals surface area contributed by atoms with Crippen LogP contribution in [-0.2, 0) is 9.59 Å². The van der Waals surface area contributed by atoms with Crippen LogP contribution in [-0.4, -0.2) is 41.9 Å². The standard InChI is InChI=1S/C25H32N4O2/c1-16(2)17-4-7-19(8-5-17)28-12-10-20(11-13-28)29-23-9-6-18(27-3)14-21(23)22(25(29)31)15-24(26)30/h6,9,14,19-20,22H,4-5,7-8,10-13,15H2,1-2H3,(H2,26,30). The Bertz CT molecular complexity index is 939. The molecule has 0 bridgehead atoms. The molecule has 2 heterocycles. The van der Waals surface area contributed by atoms with E-state index >= 15 is 0 Å². The van der Waals surface area contributed by atoms with Crippen molar-refractivity contribution < 1.29 is 9.59 Å². The van der Waals surface area contributed by atoms with Crippen LogP contribution in [0.25, 0.3) is 4.85 Å². The molecule has 1 aliphatic carbocycles. The number of likely N-dealkylation sites (tertiary alicyclic amines) is 1. The Morgan fingerprint density at radius 1 is 1.13 bits per heavy atom. The second kappa shape index (κ2) is 8.84. The predicted molar refractivity (Wildman–Crippen MR) is 122 cm³/mol. The molecule has 1 saturated heterocycles. The summed E-state index contributed by atoms with van der Waals surface area (Å²) in [6.45, 7) is 13.7. The topological polar surface area (TPSA) is 71.0 Å². The Balaban J connectivity index is 1.46. The lowest BCUT2D eigenvalue weighted by atomic mass is 9.86. The summed E-state index contributed by atoms with van der Waals surface area (Å²) in [4.78, 5) is 32.9. The van der Waals surface area contributed by atoms with E-state index in [9.17, 15) is 9.59 Å². The molecule has 31 heavy (non-hydrogen) atoms. The summed E-state index contributed by atoms with van der Waals surface area (Å²) in [5.41, 5.74) is 10.7. The molecule has 2 amide bonds. The first-order valence-electron chi connectivity index (χ1n) is 11.4. The first-order valence-corrected chi connectivity index (χ1v) is 11.4. The van der Waals surface area contributed by atoms with Crippen molar-refractivity contribution in [1.29, 1.82) is 0 Å². The molecule has 4 rings (SSSR count). The van der Waals surface area contributed by atoms with Crippen molar-refractivity contribution >= 4 is 23.2 Å². The molecule has 1 atom stereocenters. The molecule has 2 fully saturated rings. The molecule has 2 N–H and O–H groups in total. The summed E-state index contributed by atoms with van der Waals surface area (Å²) in [6, 6.07) is 6.17. The van der Waals surface area contributed by atoms with Gasteiger partial charge in [0.2, 0.25) is 11.8 Å². The molecule has 0 spiro atoms. The van der Waals surface area contributed by atoms with Crippen molar-refractivity contribution in [2.24, 2.45) is 5.73 Å². The number of rotatable bonds is 4. The van der Waals surface area contributed by atoms with E-state index in [1.807, 2.05) is 11.0 Å². The lowest BCUT2D eigenvalue weighted by Crippen LogP contribution is -2.50. The molecule has 1 unspecified atom stereocenters. The molecule has 1 aromatic carbocycles. The Morgan fingerprint density at radius 2 is 1.81 bits per heavy atom. The zero-order valence-corrected chi connectivity index (χ0v) is 18.6. The van der Waals surface area contributed by atoms with Gasteiger partial charge < -0.3 is 15.5 Å². The smallest absolute Gasteiger partial charge is 0.235 e. The van der Waals surface area contributed by atoms with E-state index < -0.39 is 11.8 Å². The summed E-state index contributed by atoms with van der Waals surface area (Å²) in [5, 5.41) is 0. The monoisotopic (exact) mass is 420 g/mol. The van der Waals surface area contributed by atoms with Crippen molar-refractivity contribution in [1.82, 2.24) is 4.90 Å². The highest BCUT2D eigenvalue weighted by Gasteiger charge is 2.42. The fourth-order valence-electron chi connectivity index (χ4n) is 5.63. The minimum absolute atomic E-state index is 0.00258. The van der Waals surface area contributed by atoms with Crippen molar-refractivity contribution in [3.05, 3.63) is 46.3 Å². The Morgan fingerprint density at radius 3 is 2.39 bits per heavy atom. The van der Waals surface area contributed by atoms with Crippen LogP contribution in [0.4, 0.5) is 11.4 Å². The second-order valence-electron chi connectivity index (χ2n) is 9.39. The molecule has 6 nitrogen and oxygen atoms in total. The number of primary amides is 1. The molecular weight excluding hydrogens is 388 g/mol. The van der Waals surface area contributed by atoms with Gasteiger partial charge in [-0.05, 0) is 64.0 Å². The number of fused-ring (bicyclic) bond motifs is 1. The van der Waals surface area contributed by atoms with Crippen molar-refractivity contribution in [3.8, 4) is 0 Å². The summed E-state index contributed by atoms with van der Waals surface area (Å²) in [6.07, 6.45) is 6.76. The van der Waals surface area contributed by atoms with Gasteiger partial charge in [0.05, 0.1) is 12.5 Å².